The third-order valence-electron chi connectivity index (χ3n) is 2.72. The Kier molecular flexibility index (Phi) is 3.49. The van der Waals surface area contributed by atoms with E-state index in [1.807, 2.05) is 6.92 Å². The van der Waals surface area contributed by atoms with Crippen molar-refractivity contribution < 1.29 is 13.9 Å². The molecule has 17 heavy (non-hydrogen) atoms. The number of hydrogen-bond donors (Lipinski definition) is 0. The van der Waals surface area contributed by atoms with Crippen molar-refractivity contribution in [1.29, 1.82) is 0 Å². The van der Waals surface area contributed by atoms with Crippen molar-refractivity contribution in [3.63, 3.8) is 0 Å². The van der Waals surface area contributed by atoms with Gasteiger partial charge >= 0.3 is 0 Å². The van der Waals surface area contributed by atoms with E-state index in [4.69, 9.17) is 9.47 Å². The van der Waals surface area contributed by atoms with Crippen LogP contribution in [0.4, 0.5) is 4.39 Å². The van der Waals surface area contributed by atoms with Crippen LogP contribution in [0, 0.1) is 5.82 Å². The van der Waals surface area contributed by atoms with Crippen molar-refractivity contribution in [1.82, 2.24) is 0 Å². The molecular weight excluding hydrogens is 289 g/mol. The molecule has 0 N–H and O–H groups in total. The summed E-state index contributed by atoms with van der Waals surface area (Å²) in [5.74, 6) is 0.193. The molecule has 2 rings (SSSR count). The Bertz CT molecular complexity index is 464. The third kappa shape index (κ3) is 2.50. The second-order valence-corrected chi connectivity index (χ2v) is 5.02. The lowest BCUT2D eigenvalue weighted by Gasteiger charge is -2.30. The Balaban J connectivity index is 2.47. The van der Waals surface area contributed by atoms with Gasteiger partial charge in [0.2, 0.25) is 5.90 Å². The molecule has 0 saturated carbocycles. The summed E-state index contributed by atoms with van der Waals surface area (Å²) < 4.78 is 25.1. The molecule has 1 aliphatic heterocycles. The molecule has 0 radical (unpaired) electrons. The van der Waals surface area contributed by atoms with Gasteiger partial charge in [0.25, 0.3) is 0 Å². The van der Waals surface area contributed by atoms with Crippen molar-refractivity contribution in [3.05, 3.63) is 34.1 Å². The van der Waals surface area contributed by atoms with Crippen LogP contribution in [0.25, 0.3) is 0 Å². The van der Waals surface area contributed by atoms with E-state index in [2.05, 4.69) is 20.9 Å². The van der Waals surface area contributed by atoms with Gasteiger partial charge in [-0.3, -0.25) is 0 Å². The number of rotatable bonds is 1. The monoisotopic (exact) mass is 301 g/mol. The van der Waals surface area contributed by atoms with E-state index in [0.29, 0.717) is 24.7 Å². The minimum atomic E-state index is -0.739. The number of methoxy groups -OCH3 is 1. The molecule has 3 nitrogen and oxygen atoms in total. The number of benzene rings is 1. The fraction of sp³-hybridized carbons (Fsp3) is 0.417. The molecule has 0 spiro atoms. The highest BCUT2D eigenvalue weighted by molar-refractivity contribution is 9.10. The van der Waals surface area contributed by atoms with Crippen LogP contribution in [0.5, 0.6) is 0 Å². The van der Waals surface area contributed by atoms with Crippen LogP contribution in [0.15, 0.2) is 27.7 Å². The normalized spacial score (nSPS) is 24.4. The lowest BCUT2D eigenvalue weighted by molar-refractivity contribution is 0.0883. The molecular formula is C12H13BrFNO2. The number of halogens is 2. The highest BCUT2D eigenvalue weighted by atomic mass is 79.9. The molecule has 1 aliphatic rings. The molecule has 0 unspecified atom stereocenters. The fourth-order valence-corrected chi connectivity index (χ4v) is 2.19. The maximum Gasteiger partial charge on any atom is 0.210 e. The summed E-state index contributed by atoms with van der Waals surface area (Å²) in [6.45, 7) is 2.50. The minimum absolute atomic E-state index is 0.291. The Morgan fingerprint density at radius 1 is 1.53 bits per heavy atom. The van der Waals surface area contributed by atoms with Gasteiger partial charge in [0.1, 0.15) is 18.0 Å². The van der Waals surface area contributed by atoms with Crippen molar-refractivity contribution in [2.75, 3.05) is 20.3 Å². The Morgan fingerprint density at radius 3 is 3.00 bits per heavy atom. The molecule has 0 aromatic heterocycles. The Morgan fingerprint density at radius 2 is 2.29 bits per heavy atom. The fourth-order valence-electron chi connectivity index (χ4n) is 1.83. The SMILES string of the molecule is COC1=N[C@@](C)(c2cc(Br)ccc2F)COC1. The van der Waals surface area contributed by atoms with Crippen LogP contribution >= 0.6 is 15.9 Å². The predicted octanol–water partition coefficient (Wildman–Crippen LogP) is 2.88. The Labute approximate surface area is 108 Å². The molecule has 0 saturated heterocycles. The first kappa shape index (κ1) is 12.5. The van der Waals surface area contributed by atoms with Gasteiger partial charge in [0.05, 0.1) is 13.7 Å². The maximum atomic E-state index is 13.8. The van der Waals surface area contributed by atoms with Crippen molar-refractivity contribution in [2.45, 2.75) is 12.5 Å². The van der Waals surface area contributed by atoms with Crippen LogP contribution in [0.3, 0.4) is 0 Å². The maximum absolute atomic E-state index is 13.8. The first-order valence-corrected chi connectivity index (χ1v) is 6.00. The van der Waals surface area contributed by atoms with Gasteiger partial charge in [-0.05, 0) is 25.1 Å². The lowest BCUT2D eigenvalue weighted by atomic mass is 9.92. The van der Waals surface area contributed by atoms with Gasteiger partial charge in [-0.1, -0.05) is 15.9 Å². The largest absolute Gasteiger partial charge is 0.483 e. The van der Waals surface area contributed by atoms with E-state index in [9.17, 15) is 4.39 Å². The summed E-state index contributed by atoms with van der Waals surface area (Å²) in [7, 11) is 1.53. The molecule has 1 aromatic rings. The van der Waals surface area contributed by atoms with Crippen molar-refractivity contribution >= 4 is 21.8 Å². The molecule has 0 amide bonds. The Hall–Kier alpha value is -0.940. The summed E-state index contributed by atoms with van der Waals surface area (Å²) in [5.41, 5.74) is -0.238. The van der Waals surface area contributed by atoms with Crippen LogP contribution in [-0.4, -0.2) is 26.2 Å². The molecule has 92 valence electrons. The third-order valence-corrected chi connectivity index (χ3v) is 3.22. The second kappa shape index (κ2) is 4.74. The number of aliphatic imine (C=N–C) groups is 1. The van der Waals surface area contributed by atoms with Gasteiger partial charge in [-0.2, -0.15) is 0 Å². The summed E-state index contributed by atoms with van der Waals surface area (Å²) >= 11 is 3.33. The molecule has 1 atom stereocenters. The molecule has 0 aliphatic carbocycles. The summed E-state index contributed by atoms with van der Waals surface area (Å²) in [6.07, 6.45) is 0. The van der Waals surface area contributed by atoms with Gasteiger partial charge < -0.3 is 9.47 Å². The highest BCUT2D eigenvalue weighted by Crippen LogP contribution is 2.32. The smallest absolute Gasteiger partial charge is 0.210 e. The van der Waals surface area contributed by atoms with Gasteiger partial charge in [-0.25, -0.2) is 9.38 Å². The number of hydrogen-bond acceptors (Lipinski definition) is 3. The van der Waals surface area contributed by atoms with Crippen LogP contribution < -0.4 is 0 Å². The van der Waals surface area contributed by atoms with Crippen molar-refractivity contribution in [2.24, 2.45) is 4.99 Å². The van der Waals surface area contributed by atoms with Gasteiger partial charge in [-0.15, -0.1) is 0 Å². The predicted molar refractivity (Wildman–Crippen MR) is 66.7 cm³/mol. The second-order valence-electron chi connectivity index (χ2n) is 4.10. The zero-order valence-corrected chi connectivity index (χ0v) is 11.3. The summed E-state index contributed by atoms with van der Waals surface area (Å²) in [5, 5.41) is 0. The van der Waals surface area contributed by atoms with Gasteiger partial charge in [0.15, 0.2) is 0 Å². The summed E-state index contributed by atoms with van der Waals surface area (Å²) in [4.78, 5) is 4.41. The number of nitrogens with zero attached hydrogens (tertiary/aromatic N) is 1. The van der Waals surface area contributed by atoms with E-state index in [-0.39, 0.29) is 5.82 Å². The number of ether oxygens (including phenoxy) is 2. The zero-order chi connectivity index (χ0) is 12.5. The van der Waals surface area contributed by atoms with E-state index >= 15 is 0 Å². The van der Waals surface area contributed by atoms with Gasteiger partial charge in [0, 0.05) is 10.0 Å². The minimum Gasteiger partial charge on any atom is -0.483 e. The van der Waals surface area contributed by atoms with E-state index < -0.39 is 5.54 Å². The first-order valence-electron chi connectivity index (χ1n) is 5.21. The van der Waals surface area contributed by atoms with Crippen LogP contribution in [0.1, 0.15) is 12.5 Å². The zero-order valence-electron chi connectivity index (χ0n) is 9.67. The molecule has 0 bridgehead atoms. The summed E-state index contributed by atoms with van der Waals surface area (Å²) in [6, 6.07) is 4.80. The van der Waals surface area contributed by atoms with E-state index in [0.717, 1.165) is 4.47 Å². The van der Waals surface area contributed by atoms with Crippen LogP contribution in [-0.2, 0) is 15.0 Å². The first-order chi connectivity index (χ1) is 8.05. The standard InChI is InChI=1S/C12H13BrFNO2/c1-12(7-17-6-11(15-12)16-2)9-5-8(13)3-4-10(9)14/h3-5H,6-7H2,1-2H3/t12-/m1/s1. The van der Waals surface area contributed by atoms with Crippen molar-refractivity contribution in [3.8, 4) is 0 Å². The average Bonchev–Trinajstić information content (AvgIpc) is 2.32. The highest BCUT2D eigenvalue weighted by Gasteiger charge is 2.33. The molecule has 5 heteroatoms. The average molecular weight is 302 g/mol. The molecule has 0 fully saturated rings. The quantitative estimate of drug-likeness (QED) is 0.798. The molecule has 1 heterocycles. The van der Waals surface area contributed by atoms with E-state index in [1.54, 1.807) is 12.1 Å². The van der Waals surface area contributed by atoms with E-state index in [1.165, 1.54) is 13.2 Å². The van der Waals surface area contributed by atoms with Crippen LogP contribution in [0.2, 0.25) is 0 Å². The lowest BCUT2D eigenvalue weighted by Crippen LogP contribution is -2.35. The topological polar surface area (TPSA) is 30.8 Å². The molecule has 1 aromatic carbocycles.